The van der Waals surface area contributed by atoms with Crippen LogP contribution in [-0.2, 0) is 19.9 Å². The lowest BCUT2D eigenvalue weighted by Gasteiger charge is -2.23. The molecule has 2 unspecified atom stereocenters. The molecule has 1 amide bonds. The van der Waals surface area contributed by atoms with Gasteiger partial charge in [-0.2, -0.15) is 0 Å². The Morgan fingerprint density at radius 1 is 1.32 bits per heavy atom. The molecular weight excluding hydrogens is 364 g/mol. The van der Waals surface area contributed by atoms with Gasteiger partial charge in [-0.3, -0.25) is 4.79 Å². The summed E-state index contributed by atoms with van der Waals surface area (Å²) in [5.41, 5.74) is 0.328. The van der Waals surface area contributed by atoms with Crippen molar-refractivity contribution in [2.75, 3.05) is 18.6 Å². The smallest absolute Gasteiger partial charge is 0.253 e. The van der Waals surface area contributed by atoms with Gasteiger partial charge < -0.3 is 4.90 Å². The van der Waals surface area contributed by atoms with Crippen LogP contribution in [0.5, 0.6) is 0 Å². The highest BCUT2D eigenvalue weighted by Gasteiger charge is 2.33. The van der Waals surface area contributed by atoms with E-state index < -0.39 is 19.9 Å². The number of sulfonamides is 1. The summed E-state index contributed by atoms with van der Waals surface area (Å²) in [5.74, 6) is -0.255. The van der Waals surface area contributed by atoms with Gasteiger partial charge in [-0.25, -0.2) is 21.6 Å². The first kappa shape index (κ1) is 19.9. The van der Waals surface area contributed by atoms with Crippen LogP contribution >= 0.6 is 0 Å². The minimum Gasteiger partial charge on any atom is -0.338 e. The minimum atomic E-state index is -3.62. The number of carbonyl (C=O) groups is 1. The van der Waals surface area contributed by atoms with Crippen LogP contribution in [0.3, 0.4) is 0 Å². The first-order valence-corrected chi connectivity index (χ1v) is 11.5. The largest absolute Gasteiger partial charge is 0.338 e. The Morgan fingerprint density at radius 3 is 2.40 bits per heavy atom. The van der Waals surface area contributed by atoms with Crippen molar-refractivity contribution in [1.29, 1.82) is 0 Å². The second kappa shape index (κ2) is 7.43. The van der Waals surface area contributed by atoms with Gasteiger partial charge in [0.2, 0.25) is 10.0 Å². The Hall–Kier alpha value is -1.45. The van der Waals surface area contributed by atoms with E-state index in [1.807, 2.05) is 6.92 Å². The summed E-state index contributed by atoms with van der Waals surface area (Å²) in [5, 5.41) is 0. The summed E-state index contributed by atoms with van der Waals surface area (Å²) in [6.45, 7) is 3.66. The third kappa shape index (κ3) is 4.80. The maximum Gasteiger partial charge on any atom is 0.253 e. The van der Waals surface area contributed by atoms with Crippen molar-refractivity contribution in [3.8, 4) is 0 Å². The predicted molar refractivity (Wildman–Crippen MR) is 95.7 cm³/mol. The summed E-state index contributed by atoms with van der Waals surface area (Å²) in [4.78, 5) is 14.0. The lowest BCUT2D eigenvalue weighted by atomic mass is 10.1. The highest BCUT2D eigenvalue weighted by atomic mass is 32.2. The highest BCUT2D eigenvalue weighted by Crippen LogP contribution is 2.19. The molecule has 1 heterocycles. The Bertz CT molecular complexity index is 832. The van der Waals surface area contributed by atoms with Gasteiger partial charge in [0.1, 0.15) is 0 Å². The number of hydrogen-bond donors (Lipinski definition) is 1. The Morgan fingerprint density at radius 2 is 1.92 bits per heavy atom. The number of benzene rings is 1. The van der Waals surface area contributed by atoms with Crippen LogP contribution < -0.4 is 4.72 Å². The lowest BCUT2D eigenvalue weighted by molar-refractivity contribution is 0.0747. The number of sulfone groups is 1. The third-order valence-electron chi connectivity index (χ3n) is 4.46. The Kier molecular flexibility index (Phi) is 5.90. The van der Waals surface area contributed by atoms with E-state index in [0.29, 0.717) is 18.4 Å². The predicted octanol–water partition coefficient (Wildman–Crippen LogP) is 1.02. The fraction of sp³-hybridized carbons (Fsp3) is 0.562. The van der Waals surface area contributed by atoms with E-state index >= 15 is 0 Å². The van der Waals surface area contributed by atoms with Gasteiger partial charge in [-0.05, 0) is 44.0 Å². The molecule has 2 rings (SSSR count). The average molecular weight is 389 g/mol. The van der Waals surface area contributed by atoms with Gasteiger partial charge in [-0.15, -0.1) is 0 Å². The SMILES string of the molecule is CCC(C)NS(=O)(=O)c1ccc(C(=O)N(C)C2CCS(=O)(=O)C2)cc1. The number of rotatable bonds is 6. The van der Waals surface area contributed by atoms with Crippen LogP contribution in [0.25, 0.3) is 0 Å². The van der Waals surface area contributed by atoms with Crippen LogP contribution in [0, 0.1) is 0 Å². The number of hydrogen-bond acceptors (Lipinski definition) is 5. The number of amides is 1. The standard InChI is InChI=1S/C16H24N2O5S2/c1-4-12(2)17-25(22,23)15-7-5-13(6-8-15)16(19)18(3)14-9-10-24(20,21)11-14/h5-8,12,14,17H,4,9-11H2,1-3H3. The molecule has 0 spiro atoms. The molecule has 0 saturated carbocycles. The first-order valence-electron chi connectivity index (χ1n) is 8.15. The molecule has 1 aliphatic heterocycles. The Balaban J connectivity index is 2.13. The van der Waals surface area contributed by atoms with Crippen molar-refractivity contribution < 1.29 is 21.6 Å². The molecule has 1 saturated heterocycles. The van der Waals surface area contributed by atoms with E-state index in [2.05, 4.69) is 4.72 Å². The zero-order chi connectivity index (χ0) is 18.8. The molecule has 1 fully saturated rings. The van der Waals surface area contributed by atoms with Gasteiger partial charge >= 0.3 is 0 Å². The van der Waals surface area contributed by atoms with Crippen molar-refractivity contribution in [2.45, 2.75) is 43.7 Å². The van der Waals surface area contributed by atoms with E-state index in [9.17, 15) is 21.6 Å². The molecule has 1 N–H and O–H groups in total. The molecule has 140 valence electrons. The fourth-order valence-electron chi connectivity index (χ4n) is 2.64. The zero-order valence-electron chi connectivity index (χ0n) is 14.6. The summed E-state index contributed by atoms with van der Waals surface area (Å²) < 4.78 is 50.1. The maximum atomic E-state index is 12.5. The fourth-order valence-corrected chi connectivity index (χ4v) is 5.74. The molecule has 1 aromatic carbocycles. The van der Waals surface area contributed by atoms with Crippen molar-refractivity contribution in [2.24, 2.45) is 0 Å². The molecule has 1 aliphatic rings. The van der Waals surface area contributed by atoms with E-state index in [4.69, 9.17) is 0 Å². The molecule has 25 heavy (non-hydrogen) atoms. The molecule has 0 aromatic heterocycles. The van der Waals surface area contributed by atoms with Crippen LogP contribution in [0.1, 0.15) is 37.0 Å². The molecule has 2 atom stereocenters. The maximum absolute atomic E-state index is 12.5. The monoisotopic (exact) mass is 388 g/mol. The molecular formula is C16H24N2O5S2. The summed E-state index contributed by atoms with van der Waals surface area (Å²) in [6.07, 6.45) is 1.10. The number of nitrogens with one attached hydrogen (secondary N) is 1. The molecule has 0 bridgehead atoms. The van der Waals surface area contributed by atoms with Crippen molar-refractivity contribution in [3.63, 3.8) is 0 Å². The second-order valence-corrected chi connectivity index (χ2v) is 10.4. The lowest BCUT2D eigenvalue weighted by Crippen LogP contribution is -2.37. The summed E-state index contributed by atoms with van der Waals surface area (Å²) in [6, 6.07) is 5.16. The average Bonchev–Trinajstić information content (AvgIpc) is 2.93. The quantitative estimate of drug-likeness (QED) is 0.784. The molecule has 7 nitrogen and oxygen atoms in total. The van der Waals surface area contributed by atoms with Gasteiger partial charge in [0.05, 0.1) is 16.4 Å². The Labute approximate surface area is 149 Å². The van der Waals surface area contributed by atoms with Gasteiger partial charge in [-0.1, -0.05) is 6.92 Å². The minimum absolute atomic E-state index is 0.0273. The third-order valence-corrected chi connectivity index (χ3v) is 7.81. The molecule has 9 heteroatoms. The van der Waals surface area contributed by atoms with E-state index in [-0.39, 0.29) is 34.4 Å². The van der Waals surface area contributed by atoms with Crippen LogP contribution in [0.15, 0.2) is 29.2 Å². The van der Waals surface area contributed by atoms with E-state index in [1.54, 1.807) is 14.0 Å². The molecule has 0 radical (unpaired) electrons. The van der Waals surface area contributed by atoms with Gasteiger partial charge in [0.25, 0.3) is 5.91 Å². The van der Waals surface area contributed by atoms with Gasteiger partial charge in [0.15, 0.2) is 9.84 Å². The highest BCUT2D eigenvalue weighted by molar-refractivity contribution is 7.91. The van der Waals surface area contributed by atoms with Crippen LogP contribution in [0.4, 0.5) is 0 Å². The van der Waals surface area contributed by atoms with Crippen molar-refractivity contribution >= 4 is 25.8 Å². The summed E-state index contributed by atoms with van der Waals surface area (Å²) >= 11 is 0. The van der Waals surface area contributed by atoms with Crippen molar-refractivity contribution in [1.82, 2.24) is 9.62 Å². The first-order chi connectivity index (χ1) is 11.6. The normalized spacial score (nSPS) is 21.0. The summed E-state index contributed by atoms with van der Waals surface area (Å²) in [7, 11) is -5.13. The molecule has 1 aromatic rings. The van der Waals surface area contributed by atoms with E-state index in [1.165, 1.54) is 29.2 Å². The number of carbonyl (C=O) groups excluding carboxylic acids is 1. The van der Waals surface area contributed by atoms with Crippen LogP contribution in [-0.4, -0.2) is 58.3 Å². The molecule has 0 aliphatic carbocycles. The number of nitrogens with zero attached hydrogens (tertiary/aromatic N) is 1. The van der Waals surface area contributed by atoms with E-state index in [0.717, 1.165) is 0 Å². The van der Waals surface area contributed by atoms with Crippen LogP contribution in [0.2, 0.25) is 0 Å². The zero-order valence-corrected chi connectivity index (χ0v) is 16.2. The van der Waals surface area contributed by atoms with Crippen molar-refractivity contribution in [3.05, 3.63) is 29.8 Å². The second-order valence-electron chi connectivity index (χ2n) is 6.43. The topological polar surface area (TPSA) is 101 Å². The van der Waals surface area contributed by atoms with Gasteiger partial charge in [0, 0.05) is 24.7 Å².